The molecule has 0 saturated heterocycles. The second-order valence-corrected chi connectivity index (χ2v) is 3.68. The molecule has 13 heavy (non-hydrogen) atoms. The van der Waals surface area contributed by atoms with Crippen LogP contribution in [0.4, 0.5) is 11.4 Å². The van der Waals surface area contributed by atoms with E-state index in [0.29, 0.717) is 15.7 Å². The zero-order chi connectivity index (χ0) is 10.2. The predicted molar refractivity (Wildman–Crippen MR) is 55.0 cm³/mol. The first-order chi connectivity index (χ1) is 5.95. The van der Waals surface area contributed by atoms with Crippen LogP contribution in [-0.2, 0) is 0 Å². The molecular formula is C7H6BrClN2O2. The van der Waals surface area contributed by atoms with Gasteiger partial charge in [-0.1, -0.05) is 11.6 Å². The number of nitrogens with two attached hydrogens (primary N) is 1. The van der Waals surface area contributed by atoms with Gasteiger partial charge in [-0.2, -0.15) is 0 Å². The van der Waals surface area contributed by atoms with Gasteiger partial charge < -0.3 is 5.73 Å². The minimum Gasteiger partial charge on any atom is -0.398 e. The number of aryl methyl sites for hydroxylation is 1. The van der Waals surface area contributed by atoms with Gasteiger partial charge >= 0.3 is 0 Å². The SMILES string of the molecule is Cc1cc([N+](=O)[O-])c(Cl)c(Br)c1N. The van der Waals surface area contributed by atoms with Gasteiger partial charge in [-0.15, -0.1) is 0 Å². The van der Waals surface area contributed by atoms with E-state index < -0.39 is 4.92 Å². The number of nitro groups is 1. The maximum Gasteiger partial charge on any atom is 0.289 e. The summed E-state index contributed by atoms with van der Waals surface area (Å²) in [6.45, 7) is 1.68. The zero-order valence-corrected chi connectivity index (χ0v) is 9.02. The smallest absolute Gasteiger partial charge is 0.289 e. The Morgan fingerprint density at radius 2 is 2.23 bits per heavy atom. The summed E-state index contributed by atoms with van der Waals surface area (Å²) in [5.74, 6) is 0. The van der Waals surface area contributed by atoms with Gasteiger partial charge in [-0.05, 0) is 28.4 Å². The van der Waals surface area contributed by atoms with E-state index in [1.54, 1.807) is 6.92 Å². The van der Waals surface area contributed by atoms with Crippen LogP contribution in [0.3, 0.4) is 0 Å². The molecule has 0 unspecified atom stereocenters. The molecule has 1 aromatic rings. The molecule has 6 heteroatoms. The molecule has 4 nitrogen and oxygen atoms in total. The molecule has 70 valence electrons. The van der Waals surface area contributed by atoms with E-state index in [1.165, 1.54) is 6.07 Å². The van der Waals surface area contributed by atoms with Crippen molar-refractivity contribution >= 4 is 38.9 Å². The molecule has 0 radical (unpaired) electrons. The Balaban J connectivity index is 3.50. The number of rotatable bonds is 1. The van der Waals surface area contributed by atoms with Crippen molar-refractivity contribution in [3.63, 3.8) is 0 Å². The van der Waals surface area contributed by atoms with Crippen molar-refractivity contribution in [3.05, 3.63) is 31.2 Å². The minimum absolute atomic E-state index is 0.0353. The molecule has 2 N–H and O–H groups in total. The molecule has 0 aromatic heterocycles. The molecule has 1 rings (SSSR count). The van der Waals surface area contributed by atoms with E-state index in [2.05, 4.69) is 15.9 Å². The Kier molecular flexibility index (Phi) is 2.77. The highest BCUT2D eigenvalue weighted by molar-refractivity contribution is 9.10. The van der Waals surface area contributed by atoms with Gasteiger partial charge in [0.15, 0.2) is 0 Å². The highest BCUT2D eigenvalue weighted by Crippen LogP contribution is 2.38. The lowest BCUT2D eigenvalue weighted by atomic mass is 10.2. The maximum absolute atomic E-state index is 10.5. The number of nitrogen functional groups attached to an aromatic ring is 1. The number of nitro benzene ring substituents is 1. The number of hydrogen-bond donors (Lipinski definition) is 1. The lowest BCUT2D eigenvalue weighted by molar-refractivity contribution is -0.384. The van der Waals surface area contributed by atoms with Crippen LogP contribution in [0.5, 0.6) is 0 Å². The normalized spacial score (nSPS) is 10.1. The van der Waals surface area contributed by atoms with Crippen molar-refractivity contribution in [1.82, 2.24) is 0 Å². The zero-order valence-electron chi connectivity index (χ0n) is 6.67. The van der Waals surface area contributed by atoms with Crippen molar-refractivity contribution in [1.29, 1.82) is 0 Å². The Bertz CT molecular complexity index is 381. The second-order valence-electron chi connectivity index (χ2n) is 2.51. The first-order valence-corrected chi connectivity index (χ1v) is 4.50. The topological polar surface area (TPSA) is 69.2 Å². The Morgan fingerprint density at radius 1 is 1.69 bits per heavy atom. The lowest BCUT2D eigenvalue weighted by Gasteiger charge is -2.04. The lowest BCUT2D eigenvalue weighted by Crippen LogP contribution is -1.96. The van der Waals surface area contributed by atoms with Crippen LogP contribution in [0.1, 0.15) is 5.56 Å². The van der Waals surface area contributed by atoms with Gasteiger partial charge in [0.25, 0.3) is 5.69 Å². The average molecular weight is 265 g/mol. The third kappa shape index (κ3) is 1.76. The number of halogens is 2. The van der Waals surface area contributed by atoms with Gasteiger partial charge in [-0.25, -0.2) is 0 Å². The van der Waals surface area contributed by atoms with E-state index in [0.717, 1.165) is 0 Å². The highest BCUT2D eigenvalue weighted by atomic mass is 79.9. The van der Waals surface area contributed by atoms with Crippen LogP contribution in [-0.4, -0.2) is 4.92 Å². The molecule has 0 heterocycles. The van der Waals surface area contributed by atoms with Crippen molar-refractivity contribution in [3.8, 4) is 0 Å². The molecule has 0 amide bonds. The fourth-order valence-corrected chi connectivity index (χ4v) is 1.62. The van der Waals surface area contributed by atoms with E-state index in [4.69, 9.17) is 17.3 Å². The van der Waals surface area contributed by atoms with Gasteiger partial charge in [-0.3, -0.25) is 10.1 Å². The van der Waals surface area contributed by atoms with E-state index in [-0.39, 0.29) is 10.7 Å². The third-order valence-corrected chi connectivity index (χ3v) is 3.06. The number of anilines is 1. The summed E-state index contributed by atoms with van der Waals surface area (Å²) in [7, 11) is 0. The average Bonchev–Trinajstić information content (AvgIpc) is 2.07. The summed E-state index contributed by atoms with van der Waals surface area (Å²) < 4.78 is 0.376. The summed E-state index contributed by atoms with van der Waals surface area (Å²) in [5.41, 5.74) is 6.51. The summed E-state index contributed by atoms with van der Waals surface area (Å²) in [4.78, 5) is 9.95. The Morgan fingerprint density at radius 3 is 2.69 bits per heavy atom. The molecule has 0 aliphatic heterocycles. The fraction of sp³-hybridized carbons (Fsp3) is 0.143. The highest BCUT2D eigenvalue weighted by Gasteiger charge is 2.18. The van der Waals surface area contributed by atoms with Crippen LogP contribution in [0.25, 0.3) is 0 Å². The summed E-state index contributed by atoms with van der Waals surface area (Å²) >= 11 is 8.78. The summed E-state index contributed by atoms with van der Waals surface area (Å²) in [5, 5.41) is 10.5. The van der Waals surface area contributed by atoms with Crippen molar-refractivity contribution < 1.29 is 4.92 Å². The minimum atomic E-state index is -0.542. The van der Waals surface area contributed by atoms with Crippen molar-refractivity contribution in [2.24, 2.45) is 0 Å². The summed E-state index contributed by atoms with van der Waals surface area (Å²) in [6.07, 6.45) is 0. The van der Waals surface area contributed by atoms with E-state index in [1.807, 2.05) is 0 Å². The molecule has 0 atom stereocenters. The largest absolute Gasteiger partial charge is 0.398 e. The predicted octanol–water partition coefficient (Wildman–Crippen LogP) is 2.90. The number of nitrogens with zero attached hydrogens (tertiary/aromatic N) is 1. The van der Waals surface area contributed by atoms with Crippen molar-refractivity contribution in [2.75, 3.05) is 5.73 Å². The molecular weight excluding hydrogens is 259 g/mol. The van der Waals surface area contributed by atoms with Gasteiger partial charge in [0.1, 0.15) is 5.02 Å². The maximum atomic E-state index is 10.5. The molecule has 0 bridgehead atoms. The molecule has 0 fully saturated rings. The summed E-state index contributed by atoms with van der Waals surface area (Å²) in [6, 6.07) is 1.35. The van der Waals surface area contributed by atoms with Crippen LogP contribution >= 0.6 is 27.5 Å². The molecule has 1 aromatic carbocycles. The van der Waals surface area contributed by atoms with Crippen LogP contribution < -0.4 is 5.73 Å². The monoisotopic (exact) mass is 264 g/mol. The van der Waals surface area contributed by atoms with Gasteiger partial charge in [0.05, 0.1) is 15.1 Å². The third-order valence-electron chi connectivity index (χ3n) is 1.63. The first-order valence-electron chi connectivity index (χ1n) is 3.33. The number of hydrogen-bond acceptors (Lipinski definition) is 3. The number of benzene rings is 1. The van der Waals surface area contributed by atoms with Crippen molar-refractivity contribution in [2.45, 2.75) is 6.92 Å². The first kappa shape index (κ1) is 10.3. The molecule has 0 aliphatic rings. The molecule has 0 spiro atoms. The molecule has 0 aliphatic carbocycles. The van der Waals surface area contributed by atoms with E-state index >= 15 is 0 Å². The van der Waals surface area contributed by atoms with Crippen LogP contribution in [0.15, 0.2) is 10.5 Å². The molecule has 0 saturated carbocycles. The Labute approximate surface area is 88.0 Å². The van der Waals surface area contributed by atoms with Gasteiger partial charge in [0, 0.05) is 6.07 Å². The quantitative estimate of drug-likeness (QED) is 0.482. The standard InChI is InChI=1S/C7H6BrClN2O2/c1-3-2-4(11(12)13)6(9)5(8)7(3)10/h2H,10H2,1H3. The van der Waals surface area contributed by atoms with Crippen LogP contribution in [0.2, 0.25) is 5.02 Å². The Hall–Kier alpha value is -0.810. The van der Waals surface area contributed by atoms with E-state index in [9.17, 15) is 10.1 Å². The fourth-order valence-electron chi connectivity index (χ4n) is 0.883. The van der Waals surface area contributed by atoms with Crippen LogP contribution in [0, 0.1) is 17.0 Å². The second kappa shape index (κ2) is 3.51. The van der Waals surface area contributed by atoms with Gasteiger partial charge in [0.2, 0.25) is 0 Å².